The molecule has 1 aliphatic carbocycles. The maximum absolute atomic E-state index is 10.7. The summed E-state index contributed by atoms with van der Waals surface area (Å²) in [5.74, 6) is 1.01. The minimum atomic E-state index is -0.859. The average molecular weight is 440 g/mol. The highest BCUT2D eigenvalue weighted by atomic mass is 35.5. The van der Waals surface area contributed by atoms with E-state index in [0.717, 1.165) is 40.7 Å². The lowest BCUT2D eigenvalue weighted by molar-refractivity contribution is 0.00521. The number of hydrogen-bond acceptors (Lipinski definition) is 5. The summed E-state index contributed by atoms with van der Waals surface area (Å²) in [7, 11) is 0. The number of nitrogens with zero attached hydrogens (tertiary/aromatic N) is 4. The van der Waals surface area contributed by atoms with Crippen molar-refractivity contribution >= 4 is 47.2 Å². The number of aryl methyl sites for hydroxylation is 2. The van der Waals surface area contributed by atoms with E-state index >= 15 is 0 Å². The number of benzene rings is 1. The Balaban J connectivity index is 1.49. The minimum absolute atomic E-state index is 0.0315. The standard InChI is InChI=1S/C23H26ClN5O2/c1-13-7-8-29(23(13)27-12-26-2)19-11-16(20(30)21(19)31)6-4-14-3-5-15-10-17(24)22(25)28-18(15)9-14/h3,5,7-10,12,16,19-21,30-31H,2,4,6,11H2,1H3,(H2,25,28)/t16-,19+,20+,21-/m0/s1. The predicted molar refractivity (Wildman–Crippen MR) is 126 cm³/mol. The van der Waals surface area contributed by atoms with Gasteiger partial charge in [0.2, 0.25) is 0 Å². The van der Waals surface area contributed by atoms with Gasteiger partial charge in [-0.25, -0.2) is 9.98 Å². The molecule has 1 fully saturated rings. The Hall–Kier alpha value is -2.74. The van der Waals surface area contributed by atoms with Gasteiger partial charge in [-0.2, -0.15) is 0 Å². The molecule has 4 N–H and O–H groups in total. The van der Waals surface area contributed by atoms with Gasteiger partial charge in [0.15, 0.2) is 0 Å². The molecule has 31 heavy (non-hydrogen) atoms. The first-order valence-corrected chi connectivity index (χ1v) is 10.6. The van der Waals surface area contributed by atoms with Crippen molar-refractivity contribution in [2.45, 2.75) is 44.4 Å². The van der Waals surface area contributed by atoms with Crippen LogP contribution in [0.4, 0.5) is 11.6 Å². The monoisotopic (exact) mass is 439 g/mol. The fourth-order valence-electron chi connectivity index (χ4n) is 4.44. The second kappa shape index (κ2) is 8.78. The third-order valence-corrected chi connectivity index (χ3v) is 6.44. The highest BCUT2D eigenvalue weighted by Crippen LogP contribution is 2.40. The second-order valence-electron chi connectivity index (χ2n) is 8.12. The van der Waals surface area contributed by atoms with Crippen LogP contribution in [-0.4, -0.2) is 45.0 Å². The van der Waals surface area contributed by atoms with Crippen molar-refractivity contribution in [3.63, 3.8) is 0 Å². The third-order valence-electron chi connectivity index (χ3n) is 6.14. The highest BCUT2D eigenvalue weighted by Gasteiger charge is 2.42. The fraction of sp³-hybridized carbons (Fsp3) is 0.348. The van der Waals surface area contributed by atoms with Crippen LogP contribution in [-0.2, 0) is 6.42 Å². The Morgan fingerprint density at radius 2 is 2.10 bits per heavy atom. The molecule has 0 amide bonds. The second-order valence-corrected chi connectivity index (χ2v) is 8.53. The third kappa shape index (κ3) is 4.21. The van der Waals surface area contributed by atoms with Crippen LogP contribution in [0.2, 0.25) is 5.02 Å². The summed E-state index contributed by atoms with van der Waals surface area (Å²) in [5, 5.41) is 22.8. The van der Waals surface area contributed by atoms with E-state index in [1.165, 1.54) is 6.34 Å². The Morgan fingerprint density at radius 3 is 2.87 bits per heavy atom. The molecular weight excluding hydrogens is 414 g/mol. The lowest BCUT2D eigenvalue weighted by atomic mass is 9.95. The summed E-state index contributed by atoms with van der Waals surface area (Å²) >= 11 is 6.05. The summed E-state index contributed by atoms with van der Waals surface area (Å²) in [4.78, 5) is 12.4. The van der Waals surface area contributed by atoms with Crippen molar-refractivity contribution in [2.24, 2.45) is 15.9 Å². The minimum Gasteiger partial charge on any atom is -0.390 e. The number of anilines is 1. The first-order chi connectivity index (χ1) is 14.9. The maximum atomic E-state index is 10.7. The van der Waals surface area contributed by atoms with Crippen LogP contribution in [0.25, 0.3) is 10.9 Å². The molecular formula is C23H26ClN5O2. The van der Waals surface area contributed by atoms with Gasteiger partial charge in [-0.3, -0.25) is 4.99 Å². The molecule has 4 atom stereocenters. The normalized spacial score (nSPS) is 23.7. The van der Waals surface area contributed by atoms with Gasteiger partial charge in [0.1, 0.15) is 24.1 Å². The van der Waals surface area contributed by atoms with Gasteiger partial charge in [-0.1, -0.05) is 23.7 Å². The summed E-state index contributed by atoms with van der Waals surface area (Å²) in [6.45, 7) is 5.37. The average Bonchev–Trinajstić information content (AvgIpc) is 3.25. The van der Waals surface area contributed by atoms with Crippen LogP contribution >= 0.6 is 11.6 Å². The number of aliphatic hydroxyl groups excluding tert-OH is 2. The molecule has 0 aliphatic heterocycles. The summed E-state index contributed by atoms with van der Waals surface area (Å²) < 4.78 is 1.93. The van der Waals surface area contributed by atoms with Crippen molar-refractivity contribution in [2.75, 3.05) is 5.73 Å². The van der Waals surface area contributed by atoms with Gasteiger partial charge in [0, 0.05) is 11.6 Å². The lowest BCUT2D eigenvalue weighted by Crippen LogP contribution is -2.29. The maximum Gasteiger partial charge on any atom is 0.142 e. The van der Waals surface area contributed by atoms with E-state index in [1.54, 1.807) is 0 Å². The van der Waals surface area contributed by atoms with E-state index in [9.17, 15) is 10.2 Å². The van der Waals surface area contributed by atoms with Crippen LogP contribution in [0, 0.1) is 12.8 Å². The van der Waals surface area contributed by atoms with E-state index < -0.39 is 12.2 Å². The number of pyridine rings is 1. The molecule has 7 nitrogen and oxygen atoms in total. The molecule has 0 radical (unpaired) electrons. The van der Waals surface area contributed by atoms with E-state index in [4.69, 9.17) is 17.3 Å². The van der Waals surface area contributed by atoms with Crippen LogP contribution in [0.5, 0.6) is 0 Å². The van der Waals surface area contributed by atoms with E-state index in [1.807, 2.05) is 48.0 Å². The lowest BCUT2D eigenvalue weighted by Gasteiger charge is -2.20. The summed E-state index contributed by atoms with van der Waals surface area (Å²) in [6.07, 6.45) is 3.81. The Morgan fingerprint density at radius 1 is 1.29 bits per heavy atom. The first kappa shape index (κ1) is 21.5. The molecule has 0 saturated heterocycles. The van der Waals surface area contributed by atoms with Crippen LogP contribution in [0.1, 0.15) is 30.0 Å². The molecule has 162 valence electrons. The Kier molecular flexibility index (Phi) is 6.09. The van der Waals surface area contributed by atoms with E-state index in [0.29, 0.717) is 17.3 Å². The molecule has 2 heterocycles. The number of aliphatic hydroxyl groups is 2. The molecule has 0 unspecified atom stereocenters. The van der Waals surface area contributed by atoms with Crippen molar-refractivity contribution in [1.82, 2.24) is 9.55 Å². The summed E-state index contributed by atoms with van der Waals surface area (Å²) in [6, 6.07) is 9.53. The number of aromatic nitrogens is 2. The number of halogens is 1. The fourth-order valence-corrected chi connectivity index (χ4v) is 4.60. The molecule has 1 aliphatic rings. The van der Waals surface area contributed by atoms with Gasteiger partial charge in [0.25, 0.3) is 0 Å². The van der Waals surface area contributed by atoms with Crippen molar-refractivity contribution < 1.29 is 10.2 Å². The smallest absolute Gasteiger partial charge is 0.142 e. The molecule has 1 aromatic carbocycles. The van der Waals surface area contributed by atoms with Gasteiger partial charge < -0.3 is 20.5 Å². The molecule has 4 rings (SSSR count). The molecule has 0 bridgehead atoms. The number of aliphatic imine (C=N–C) groups is 2. The van der Waals surface area contributed by atoms with Gasteiger partial charge in [-0.05, 0) is 68.1 Å². The summed E-state index contributed by atoms with van der Waals surface area (Å²) in [5.41, 5.74) is 8.71. The van der Waals surface area contributed by atoms with Crippen LogP contribution in [0.15, 0.2) is 46.5 Å². The zero-order valence-corrected chi connectivity index (χ0v) is 18.1. The van der Waals surface area contributed by atoms with Crippen molar-refractivity contribution in [3.05, 3.63) is 52.7 Å². The van der Waals surface area contributed by atoms with E-state index in [2.05, 4.69) is 21.7 Å². The number of rotatable bonds is 6. The zero-order valence-electron chi connectivity index (χ0n) is 17.3. The van der Waals surface area contributed by atoms with Gasteiger partial charge in [-0.15, -0.1) is 0 Å². The van der Waals surface area contributed by atoms with Crippen molar-refractivity contribution in [1.29, 1.82) is 0 Å². The van der Waals surface area contributed by atoms with E-state index in [-0.39, 0.29) is 12.0 Å². The molecule has 3 aromatic rings. The molecule has 2 aromatic heterocycles. The quantitative estimate of drug-likeness (QED) is 0.400. The number of nitrogen functional groups attached to an aromatic ring is 1. The van der Waals surface area contributed by atoms with Crippen LogP contribution in [0.3, 0.4) is 0 Å². The van der Waals surface area contributed by atoms with Crippen LogP contribution < -0.4 is 5.73 Å². The largest absolute Gasteiger partial charge is 0.390 e. The van der Waals surface area contributed by atoms with Crippen molar-refractivity contribution in [3.8, 4) is 0 Å². The topological polar surface area (TPSA) is 109 Å². The number of fused-ring (bicyclic) bond motifs is 1. The highest BCUT2D eigenvalue weighted by molar-refractivity contribution is 6.33. The Labute approximate surface area is 185 Å². The Bertz CT molecular complexity index is 1140. The molecule has 0 spiro atoms. The molecule has 8 heteroatoms. The van der Waals surface area contributed by atoms with Gasteiger partial charge in [0.05, 0.1) is 22.7 Å². The zero-order chi connectivity index (χ0) is 22.1. The number of nitrogens with two attached hydrogens (primary N) is 1. The SMILES string of the molecule is C=NC=Nc1c(C)ccn1[C@@H]1C[C@H](CCc2ccc3cc(Cl)c(N)nc3c2)[C@@H](O)[C@H]1O. The molecule has 1 saturated carbocycles. The predicted octanol–water partition coefficient (Wildman–Crippen LogP) is 3.86. The van der Waals surface area contributed by atoms with Gasteiger partial charge >= 0.3 is 0 Å². The number of hydrogen-bond donors (Lipinski definition) is 3. The first-order valence-electron chi connectivity index (χ1n) is 10.3.